The number of likely N-dealkylation sites (N-methyl/N-ethyl adjacent to an activating group) is 1. The lowest BCUT2D eigenvalue weighted by molar-refractivity contribution is -0.137. The van der Waals surface area contributed by atoms with Crippen molar-refractivity contribution in [3.63, 3.8) is 0 Å². The molecule has 1 aromatic carbocycles. The number of pyridine rings is 1. The summed E-state index contributed by atoms with van der Waals surface area (Å²) in [5, 5.41) is 2.54. The highest BCUT2D eigenvalue weighted by molar-refractivity contribution is 6.07. The number of nitrogens with one attached hydrogen (secondary N) is 1. The molecule has 0 spiro atoms. The Morgan fingerprint density at radius 3 is 2.54 bits per heavy atom. The largest absolute Gasteiger partial charge is 0.416 e. The number of amides is 1. The average molecular weight is 364 g/mol. The molecular weight excluding hydrogens is 345 g/mol. The first-order valence-corrected chi connectivity index (χ1v) is 8.22. The van der Waals surface area contributed by atoms with Crippen molar-refractivity contribution < 1.29 is 18.0 Å². The topological polar surface area (TPSA) is 48.5 Å². The Hall–Kier alpha value is -2.61. The summed E-state index contributed by atoms with van der Waals surface area (Å²) in [6, 6.07) is 7.85. The Morgan fingerprint density at radius 1 is 1.12 bits per heavy atom. The molecule has 8 heteroatoms. The predicted molar refractivity (Wildman–Crippen MR) is 93.3 cm³/mol. The van der Waals surface area contributed by atoms with E-state index in [0.717, 1.165) is 38.3 Å². The van der Waals surface area contributed by atoms with E-state index in [2.05, 4.69) is 15.2 Å². The lowest BCUT2D eigenvalue weighted by atomic mass is 10.1. The molecule has 0 saturated carbocycles. The number of anilines is 2. The van der Waals surface area contributed by atoms with E-state index in [1.54, 1.807) is 18.3 Å². The van der Waals surface area contributed by atoms with Crippen LogP contribution >= 0.6 is 0 Å². The highest BCUT2D eigenvalue weighted by Crippen LogP contribution is 2.31. The van der Waals surface area contributed by atoms with Crippen molar-refractivity contribution in [2.45, 2.75) is 6.18 Å². The number of rotatable bonds is 3. The number of halogens is 3. The van der Waals surface area contributed by atoms with Gasteiger partial charge in [0.1, 0.15) is 5.82 Å². The van der Waals surface area contributed by atoms with Crippen LogP contribution in [0.3, 0.4) is 0 Å². The van der Waals surface area contributed by atoms with Crippen LogP contribution in [0.25, 0.3) is 0 Å². The Kier molecular flexibility index (Phi) is 5.13. The molecule has 1 N–H and O–H groups in total. The summed E-state index contributed by atoms with van der Waals surface area (Å²) in [6.07, 6.45) is -2.85. The predicted octanol–water partition coefficient (Wildman–Crippen LogP) is 3.10. The van der Waals surface area contributed by atoms with Gasteiger partial charge in [-0.05, 0) is 37.4 Å². The normalized spacial score (nSPS) is 15.8. The van der Waals surface area contributed by atoms with E-state index in [-0.39, 0.29) is 5.69 Å². The lowest BCUT2D eigenvalue weighted by Gasteiger charge is -2.34. The maximum Gasteiger partial charge on any atom is 0.416 e. The number of aromatic nitrogens is 1. The number of piperazine rings is 1. The molecule has 26 heavy (non-hydrogen) atoms. The summed E-state index contributed by atoms with van der Waals surface area (Å²) >= 11 is 0. The number of hydrogen-bond acceptors (Lipinski definition) is 4. The van der Waals surface area contributed by atoms with Gasteiger partial charge >= 0.3 is 6.18 Å². The van der Waals surface area contributed by atoms with E-state index < -0.39 is 17.6 Å². The van der Waals surface area contributed by atoms with Crippen molar-refractivity contribution in [3.05, 3.63) is 53.7 Å². The van der Waals surface area contributed by atoms with Crippen LogP contribution < -0.4 is 10.2 Å². The Balaban J connectivity index is 1.81. The molecule has 1 saturated heterocycles. The third kappa shape index (κ3) is 4.13. The van der Waals surface area contributed by atoms with Gasteiger partial charge in [-0.3, -0.25) is 4.79 Å². The van der Waals surface area contributed by atoms with Gasteiger partial charge in [0.2, 0.25) is 0 Å². The van der Waals surface area contributed by atoms with E-state index in [4.69, 9.17) is 0 Å². The van der Waals surface area contributed by atoms with Gasteiger partial charge in [-0.25, -0.2) is 4.98 Å². The number of carbonyl (C=O) groups is 1. The van der Waals surface area contributed by atoms with E-state index in [0.29, 0.717) is 11.4 Å². The van der Waals surface area contributed by atoms with Gasteiger partial charge in [-0.1, -0.05) is 6.07 Å². The molecule has 0 aliphatic carbocycles. The number of carbonyl (C=O) groups excluding carboxylic acids is 1. The van der Waals surface area contributed by atoms with Gasteiger partial charge in [0.25, 0.3) is 5.91 Å². The van der Waals surface area contributed by atoms with Gasteiger partial charge < -0.3 is 15.1 Å². The monoisotopic (exact) mass is 364 g/mol. The Morgan fingerprint density at radius 2 is 1.85 bits per heavy atom. The fourth-order valence-corrected chi connectivity index (χ4v) is 2.82. The molecule has 0 bridgehead atoms. The first-order chi connectivity index (χ1) is 12.3. The van der Waals surface area contributed by atoms with Gasteiger partial charge in [-0.15, -0.1) is 0 Å². The second kappa shape index (κ2) is 7.33. The molecule has 138 valence electrons. The molecule has 5 nitrogen and oxygen atoms in total. The van der Waals surface area contributed by atoms with E-state index in [1.165, 1.54) is 12.1 Å². The average Bonchev–Trinajstić information content (AvgIpc) is 2.62. The van der Waals surface area contributed by atoms with Gasteiger partial charge in [0.05, 0.1) is 11.1 Å². The maximum absolute atomic E-state index is 12.8. The first kappa shape index (κ1) is 18.2. The maximum atomic E-state index is 12.8. The molecule has 0 unspecified atom stereocenters. The summed E-state index contributed by atoms with van der Waals surface area (Å²) in [4.78, 5) is 21.1. The molecule has 1 aromatic heterocycles. The van der Waals surface area contributed by atoms with Gasteiger partial charge in [0, 0.05) is 38.1 Å². The van der Waals surface area contributed by atoms with Crippen LogP contribution in [0.4, 0.5) is 24.7 Å². The minimum absolute atomic E-state index is 0.0954. The summed E-state index contributed by atoms with van der Waals surface area (Å²) < 4.78 is 38.5. The summed E-state index contributed by atoms with van der Waals surface area (Å²) in [6.45, 7) is 3.17. The molecule has 1 aliphatic rings. The van der Waals surface area contributed by atoms with E-state index >= 15 is 0 Å². The number of benzene rings is 1. The third-order valence-electron chi connectivity index (χ3n) is 4.28. The van der Waals surface area contributed by atoms with Crippen LogP contribution in [0.1, 0.15) is 15.9 Å². The minimum Gasteiger partial charge on any atom is -0.353 e. The zero-order valence-electron chi connectivity index (χ0n) is 14.3. The number of alkyl halides is 3. The zero-order valence-corrected chi connectivity index (χ0v) is 14.3. The molecule has 3 rings (SSSR count). The summed E-state index contributed by atoms with van der Waals surface area (Å²) in [5.74, 6) is 0.0661. The van der Waals surface area contributed by atoms with Crippen molar-refractivity contribution >= 4 is 17.4 Å². The third-order valence-corrected chi connectivity index (χ3v) is 4.28. The van der Waals surface area contributed by atoms with Crippen LogP contribution in [0.5, 0.6) is 0 Å². The SMILES string of the molecule is CN1CCN(c2ncccc2C(=O)Nc2cccc(C(F)(F)F)c2)CC1. The van der Waals surface area contributed by atoms with Crippen LogP contribution in [0, 0.1) is 0 Å². The molecule has 1 fully saturated rings. The van der Waals surface area contributed by atoms with E-state index in [9.17, 15) is 18.0 Å². The van der Waals surface area contributed by atoms with Crippen molar-refractivity contribution in [3.8, 4) is 0 Å². The lowest BCUT2D eigenvalue weighted by Crippen LogP contribution is -2.45. The van der Waals surface area contributed by atoms with Crippen LogP contribution in [0.2, 0.25) is 0 Å². The standard InChI is InChI=1S/C18H19F3N4O/c1-24-8-10-25(11-9-24)16-15(6-3-7-22-16)17(26)23-14-5-2-4-13(12-14)18(19,20)21/h2-7,12H,8-11H2,1H3,(H,23,26). The molecule has 0 atom stereocenters. The molecular formula is C18H19F3N4O. The van der Waals surface area contributed by atoms with Gasteiger partial charge in [0.15, 0.2) is 0 Å². The fourth-order valence-electron chi connectivity index (χ4n) is 2.82. The molecule has 1 aliphatic heterocycles. The zero-order chi connectivity index (χ0) is 18.7. The summed E-state index contributed by atoms with van der Waals surface area (Å²) in [7, 11) is 2.02. The number of nitrogens with zero attached hydrogens (tertiary/aromatic N) is 3. The van der Waals surface area contributed by atoms with Crippen molar-refractivity contribution in [2.75, 3.05) is 43.4 Å². The Labute approximate surface area is 149 Å². The van der Waals surface area contributed by atoms with E-state index in [1.807, 2.05) is 11.9 Å². The highest BCUT2D eigenvalue weighted by atomic mass is 19.4. The first-order valence-electron chi connectivity index (χ1n) is 8.22. The summed E-state index contributed by atoms with van der Waals surface area (Å²) in [5.41, 5.74) is -0.367. The Bertz CT molecular complexity index is 786. The van der Waals surface area contributed by atoms with Gasteiger partial charge in [-0.2, -0.15) is 13.2 Å². The second-order valence-corrected chi connectivity index (χ2v) is 6.20. The smallest absolute Gasteiger partial charge is 0.353 e. The van der Waals surface area contributed by atoms with Crippen molar-refractivity contribution in [1.29, 1.82) is 0 Å². The van der Waals surface area contributed by atoms with Crippen molar-refractivity contribution in [1.82, 2.24) is 9.88 Å². The second-order valence-electron chi connectivity index (χ2n) is 6.20. The highest BCUT2D eigenvalue weighted by Gasteiger charge is 2.30. The molecule has 2 aromatic rings. The molecule has 1 amide bonds. The molecule has 0 radical (unpaired) electrons. The van der Waals surface area contributed by atoms with Crippen molar-refractivity contribution in [2.24, 2.45) is 0 Å². The van der Waals surface area contributed by atoms with Crippen LogP contribution in [-0.4, -0.2) is 49.0 Å². The number of hydrogen-bond donors (Lipinski definition) is 1. The minimum atomic E-state index is -4.46. The van der Waals surface area contributed by atoms with Crippen LogP contribution in [-0.2, 0) is 6.18 Å². The van der Waals surface area contributed by atoms with Crippen LogP contribution in [0.15, 0.2) is 42.6 Å². The quantitative estimate of drug-likeness (QED) is 0.909. The fraction of sp³-hybridized carbons (Fsp3) is 0.333. The molecule has 2 heterocycles.